The average Bonchev–Trinajstić information content (AvgIpc) is 1.80. The Bertz CT molecular complexity index is 99.2. The largest absolute Gasteiger partial charge is 0.0628 e. The van der Waals surface area contributed by atoms with Gasteiger partial charge in [-0.25, -0.2) is 0 Å². The van der Waals surface area contributed by atoms with Gasteiger partial charge in [-0.1, -0.05) is 41.5 Å². The molecule has 0 N–H and O–H groups in total. The molecule has 0 amide bonds. The fourth-order valence-electron chi connectivity index (χ4n) is 2.37. The van der Waals surface area contributed by atoms with Gasteiger partial charge in [-0.15, -0.1) is 0 Å². The molecule has 0 aliphatic carbocycles. The van der Waals surface area contributed by atoms with Gasteiger partial charge in [-0.2, -0.15) is 0 Å². The van der Waals surface area contributed by atoms with E-state index in [2.05, 4.69) is 41.5 Å². The van der Waals surface area contributed by atoms with Crippen LogP contribution in [0.3, 0.4) is 0 Å². The summed E-state index contributed by atoms with van der Waals surface area (Å²) in [6.45, 7) is 13.9. The van der Waals surface area contributed by atoms with E-state index in [0.29, 0.717) is 0 Å². The van der Waals surface area contributed by atoms with Crippen LogP contribution in [-0.4, -0.2) is 0 Å². The van der Waals surface area contributed by atoms with Gasteiger partial charge in [0.25, 0.3) is 0 Å². The molecule has 0 heterocycles. The molecule has 0 aromatic carbocycles. The van der Waals surface area contributed by atoms with Gasteiger partial charge in [-0.3, -0.25) is 0 Å². The van der Waals surface area contributed by atoms with E-state index in [4.69, 9.17) is 0 Å². The van der Waals surface area contributed by atoms with Gasteiger partial charge in [0.1, 0.15) is 0 Å². The van der Waals surface area contributed by atoms with E-state index in [9.17, 15) is 0 Å². The predicted octanol–water partition coefficient (Wildman–Crippen LogP) is 4.70. The Balaban J connectivity index is 3.58. The van der Waals surface area contributed by atoms with Crippen molar-refractivity contribution in [1.82, 2.24) is 0 Å². The second-order valence-electron chi connectivity index (χ2n) is 5.49. The standard InChI is InChI=1S/C13H27/c1-10(2)7-12(5)9-13(6)8-11(3)4/h10,12-13H,7-9H2,1-6H3. The highest BCUT2D eigenvalue weighted by molar-refractivity contribution is 4.79. The maximum atomic E-state index is 2.39. The smallest absolute Gasteiger partial charge is 0.0300 e. The normalized spacial score (nSPS) is 16.6. The third-order valence-electron chi connectivity index (χ3n) is 2.44. The minimum atomic E-state index is 0.855. The first-order chi connectivity index (χ1) is 5.91. The van der Waals surface area contributed by atoms with Crippen molar-refractivity contribution in [2.24, 2.45) is 17.8 Å². The van der Waals surface area contributed by atoms with Crippen LogP contribution in [0, 0.1) is 23.7 Å². The van der Waals surface area contributed by atoms with Gasteiger partial charge in [0.15, 0.2) is 0 Å². The Morgan fingerprint density at radius 2 is 1.38 bits per heavy atom. The summed E-state index contributed by atoms with van der Waals surface area (Å²) in [5.74, 6) is 4.20. The summed E-state index contributed by atoms with van der Waals surface area (Å²) in [6, 6.07) is 0. The summed E-state index contributed by atoms with van der Waals surface area (Å²) >= 11 is 0. The van der Waals surface area contributed by atoms with Crippen molar-refractivity contribution in [2.75, 3.05) is 0 Å². The monoisotopic (exact) mass is 183 g/mol. The molecule has 0 aromatic heterocycles. The minimum Gasteiger partial charge on any atom is -0.0628 e. The van der Waals surface area contributed by atoms with Crippen molar-refractivity contribution in [3.63, 3.8) is 0 Å². The summed E-state index contributed by atoms with van der Waals surface area (Å²) in [7, 11) is 0. The second-order valence-corrected chi connectivity index (χ2v) is 5.49. The second kappa shape index (κ2) is 6.45. The maximum absolute atomic E-state index is 2.39. The molecule has 0 aromatic rings. The Kier molecular flexibility index (Phi) is 6.45. The lowest BCUT2D eigenvalue weighted by Crippen LogP contribution is -2.07. The van der Waals surface area contributed by atoms with Crippen LogP contribution in [0.4, 0.5) is 0 Å². The quantitative estimate of drug-likeness (QED) is 0.560. The van der Waals surface area contributed by atoms with E-state index in [0.717, 1.165) is 17.8 Å². The maximum Gasteiger partial charge on any atom is -0.0300 e. The van der Waals surface area contributed by atoms with Crippen molar-refractivity contribution in [2.45, 2.75) is 60.8 Å². The minimum absolute atomic E-state index is 0.855. The van der Waals surface area contributed by atoms with Crippen molar-refractivity contribution < 1.29 is 0 Å². The molecule has 0 spiro atoms. The molecule has 2 atom stereocenters. The summed E-state index contributed by atoms with van der Waals surface area (Å²) in [5, 5.41) is 0. The predicted molar refractivity (Wildman–Crippen MR) is 61.6 cm³/mol. The topological polar surface area (TPSA) is 0 Å². The molecule has 0 fully saturated rings. The van der Waals surface area contributed by atoms with Gasteiger partial charge in [0.05, 0.1) is 0 Å². The Labute approximate surface area is 85.1 Å². The molecule has 79 valence electrons. The molecule has 0 saturated carbocycles. The average molecular weight is 183 g/mol. The van der Waals surface area contributed by atoms with E-state index in [1.807, 2.05) is 0 Å². The first-order valence-corrected chi connectivity index (χ1v) is 5.70. The number of hydrogen-bond donors (Lipinski definition) is 0. The lowest BCUT2D eigenvalue weighted by atomic mass is 9.86. The molecular weight excluding hydrogens is 156 g/mol. The fraction of sp³-hybridized carbons (Fsp3) is 0.923. The molecule has 1 radical (unpaired) electrons. The van der Waals surface area contributed by atoms with E-state index < -0.39 is 0 Å². The molecule has 13 heavy (non-hydrogen) atoms. The SMILES string of the molecule is C[C](C)CC(C)CC(C)CC(C)C. The zero-order chi connectivity index (χ0) is 10.4. The third kappa shape index (κ3) is 8.33. The van der Waals surface area contributed by atoms with Crippen molar-refractivity contribution in [3.05, 3.63) is 5.92 Å². The van der Waals surface area contributed by atoms with Gasteiger partial charge in [-0.05, 0) is 42.9 Å². The first-order valence-electron chi connectivity index (χ1n) is 5.70. The molecular formula is C13H27. The van der Waals surface area contributed by atoms with Crippen LogP contribution < -0.4 is 0 Å². The molecule has 0 nitrogen and oxygen atoms in total. The van der Waals surface area contributed by atoms with Crippen LogP contribution in [0.2, 0.25) is 0 Å². The molecule has 0 aliphatic rings. The molecule has 0 saturated heterocycles. The van der Waals surface area contributed by atoms with E-state index in [-0.39, 0.29) is 0 Å². The lowest BCUT2D eigenvalue weighted by Gasteiger charge is -2.19. The summed E-state index contributed by atoms with van der Waals surface area (Å²) in [6.07, 6.45) is 4.08. The number of rotatable bonds is 6. The zero-order valence-corrected chi connectivity index (χ0v) is 10.4. The van der Waals surface area contributed by atoms with Crippen LogP contribution in [-0.2, 0) is 0 Å². The summed E-state index contributed by atoms with van der Waals surface area (Å²) in [5.41, 5.74) is 0. The number of hydrogen-bond acceptors (Lipinski definition) is 0. The molecule has 0 heteroatoms. The fourth-order valence-corrected chi connectivity index (χ4v) is 2.37. The third-order valence-corrected chi connectivity index (χ3v) is 2.44. The van der Waals surface area contributed by atoms with Gasteiger partial charge >= 0.3 is 0 Å². The van der Waals surface area contributed by atoms with E-state index in [1.165, 1.54) is 19.3 Å². The van der Waals surface area contributed by atoms with Crippen LogP contribution in [0.25, 0.3) is 0 Å². The molecule has 2 unspecified atom stereocenters. The zero-order valence-electron chi connectivity index (χ0n) is 10.4. The van der Waals surface area contributed by atoms with Gasteiger partial charge in [0, 0.05) is 0 Å². The van der Waals surface area contributed by atoms with Crippen LogP contribution in [0.1, 0.15) is 60.8 Å². The molecule has 0 aliphatic heterocycles. The highest BCUT2D eigenvalue weighted by atomic mass is 14.2. The molecule has 0 bridgehead atoms. The lowest BCUT2D eigenvalue weighted by molar-refractivity contribution is 0.347. The van der Waals surface area contributed by atoms with Crippen molar-refractivity contribution in [1.29, 1.82) is 0 Å². The Hall–Kier alpha value is 0. The Morgan fingerprint density at radius 1 is 0.846 bits per heavy atom. The van der Waals surface area contributed by atoms with Gasteiger partial charge in [0.2, 0.25) is 0 Å². The highest BCUT2D eigenvalue weighted by Gasteiger charge is 2.11. The van der Waals surface area contributed by atoms with Crippen LogP contribution in [0.15, 0.2) is 0 Å². The van der Waals surface area contributed by atoms with Crippen LogP contribution in [0.5, 0.6) is 0 Å². The first kappa shape index (κ1) is 13.0. The summed E-state index contributed by atoms with van der Waals surface area (Å²) < 4.78 is 0. The van der Waals surface area contributed by atoms with Crippen molar-refractivity contribution in [3.8, 4) is 0 Å². The van der Waals surface area contributed by atoms with E-state index >= 15 is 0 Å². The van der Waals surface area contributed by atoms with Crippen LogP contribution >= 0.6 is 0 Å². The Morgan fingerprint density at radius 3 is 1.77 bits per heavy atom. The summed E-state index contributed by atoms with van der Waals surface area (Å²) in [4.78, 5) is 0. The van der Waals surface area contributed by atoms with Gasteiger partial charge < -0.3 is 0 Å². The molecule has 0 rings (SSSR count). The van der Waals surface area contributed by atoms with Crippen molar-refractivity contribution >= 4 is 0 Å². The van der Waals surface area contributed by atoms with E-state index in [1.54, 1.807) is 5.92 Å². The highest BCUT2D eigenvalue weighted by Crippen LogP contribution is 2.24.